The summed E-state index contributed by atoms with van der Waals surface area (Å²) < 4.78 is 0. The average Bonchev–Trinajstić information content (AvgIpc) is 2.31. The lowest BCUT2D eigenvalue weighted by atomic mass is 9.90. The van der Waals surface area contributed by atoms with E-state index in [1.807, 2.05) is 20.1 Å². The van der Waals surface area contributed by atoms with Crippen LogP contribution in [-0.4, -0.2) is 47.3 Å². The molecule has 1 aliphatic heterocycles. The van der Waals surface area contributed by atoms with Crippen molar-refractivity contribution in [3.63, 3.8) is 0 Å². The predicted octanol–water partition coefficient (Wildman–Crippen LogP) is 0.747. The van der Waals surface area contributed by atoms with Crippen LogP contribution in [0.1, 0.15) is 33.1 Å². The van der Waals surface area contributed by atoms with E-state index in [4.69, 9.17) is 0 Å². The molecule has 1 saturated heterocycles. The molecule has 4 nitrogen and oxygen atoms in total. The lowest BCUT2D eigenvalue weighted by molar-refractivity contribution is -0.128. The number of nitrogens with one attached hydrogen (secondary N) is 2. The molecular formula is C12H24N2O2S. The van der Waals surface area contributed by atoms with Crippen LogP contribution in [0.4, 0.5) is 0 Å². The first kappa shape index (κ1) is 14.8. The molecule has 1 aliphatic rings. The summed E-state index contributed by atoms with van der Waals surface area (Å²) in [6, 6.07) is -0.0111. The minimum Gasteiger partial charge on any atom is -0.395 e. The van der Waals surface area contributed by atoms with Gasteiger partial charge in [0.15, 0.2) is 0 Å². The maximum atomic E-state index is 12.2. The van der Waals surface area contributed by atoms with Gasteiger partial charge in [-0.1, -0.05) is 0 Å². The van der Waals surface area contributed by atoms with Crippen LogP contribution in [0.5, 0.6) is 0 Å². The van der Waals surface area contributed by atoms with E-state index in [0.29, 0.717) is 0 Å². The first-order valence-corrected chi connectivity index (χ1v) is 7.52. The number of aliphatic hydroxyl groups is 1. The second-order valence-electron chi connectivity index (χ2n) is 4.93. The highest BCUT2D eigenvalue weighted by atomic mass is 32.2. The second kappa shape index (κ2) is 6.61. The summed E-state index contributed by atoms with van der Waals surface area (Å²) in [7, 11) is 0. The van der Waals surface area contributed by atoms with E-state index in [9.17, 15) is 9.90 Å². The third-order valence-electron chi connectivity index (χ3n) is 3.52. The summed E-state index contributed by atoms with van der Waals surface area (Å²) >= 11 is 1.58. The van der Waals surface area contributed by atoms with Gasteiger partial charge < -0.3 is 15.7 Å². The largest absolute Gasteiger partial charge is 0.395 e. The van der Waals surface area contributed by atoms with Crippen molar-refractivity contribution in [2.24, 2.45) is 0 Å². The highest BCUT2D eigenvalue weighted by Gasteiger charge is 2.35. The van der Waals surface area contributed by atoms with Crippen molar-refractivity contribution in [1.82, 2.24) is 10.6 Å². The number of hydrogen-bond donors (Lipinski definition) is 3. The molecule has 3 unspecified atom stereocenters. The fraction of sp³-hybridized carbons (Fsp3) is 0.917. The van der Waals surface area contributed by atoms with Crippen LogP contribution >= 0.6 is 11.8 Å². The van der Waals surface area contributed by atoms with E-state index >= 15 is 0 Å². The minimum atomic E-state index is -0.440. The highest BCUT2D eigenvalue weighted by Crippen LogP contribution is 2.20. The van der Waals surface area contributed by atoms with Crippen molar-refractivity contribution in [3.05, 3.63) is 0 Å². The molecule has 0 aliphatic carbocycles. The van der Waals surface area contributed by atoms with E-state index < -0.39 is 5.54 Å². The number of aliphatic hydroxyl groups excluding tert-OH is 1. The maximum absolute atomic E-state index is 12.2. The number of carbonyl (C=O) groups is 1. The molecule has 17 heavy (non-hydrogen) atoms. The molecule has 5 heteroatoms. The van der Waals surface area contributed by atoms with Crippen molar-refractivity contribution < 1.29 is 9.90 Å². The first-order valence-electron chi connectivity index (χ1n) is 6.23. The zero-order valence-electron chi connectivity index (χ0n) is 11.0. The summed E-state index contributed by atoms with van der Waals surface area (Å²) in [6.07, 6.45) is 5.07. The summed E-state index contributed by atoms with van der Waals surface area (Å²) in [5.41, 5.74) is -0.440. The molecule has 3 N–H and O–H groups in total. The van der Waals surface area contributed by atoms with E-state index in [2.05, 4.69) is 10.6 Å². The standard InChI is InChI=1S/C12H24N2O2S/c1-9(10(8-15)17-3)14-11(16)12(2)6-4-5-7-13-12/h9-10,13,15H,4-8H2,1-3H3,(H,14,16). The fourth-order valence-electron chi connectivity index (χ4n) is 2.15. The van der Waals surface area contributed by atoms with Crippen LogP contribution in [0, 0.1) is 0 Å². The van der Waals surface area contributed by atoms with E-state index in [1.54, 1.807) is 11.8 Å². The molecule has 0 spiro atoms. The number of piperidine rings is 1. The number of rotatable bonds is 5. The Morgan fingerprint density at radius 2 is 2.29 bits per heavy atom. The molecule has 1 amide bonds. The van der Waals surface area contributed by atoms with E-state index in [-0.39, 0.29) is 23.8 Å². The lowest BCUT2D eigenvalue weighted by Crippen LogP contribution is -2.59. The third-order valence-corrected chi connectivity index (χ3v) is 4.68. The minimum absolute atomic E-state index is 0.0111. The molecule has 1 heterocycles. The molecule has 0 aromatic heterocycles. The van der Waals surface area contributed by atoms with Gasteiger partial charge in [-0.3, -0.25) is 4.79 Å². The molecule has 0 radical (unpaired) electrons. The second-order valence-corrected chi connectivity index (χ2v) is 6.01. The van der Waals surface area contributed by atoms with Crippen LogP contribution in [0.2, 0.25) is 0 Å². The number of amides is 1. The SMILES string of the molecule is CSC(CO)C(C)NC(=O)C1(C)CCCCN1. The Balaban J connectivity index is 2.52. The van der Waals surface area contributed by atoms with Crippen LogP contribution in [0.25, 0.3) is 0 Å². The lowest BCUT2D eigenvalue weighted by Gasteiger charge is -2.35. The number of carbonyl (C=O) groups excluding carboxylic acids is 1. The van der Waals surface area contributed by atoms with Gasteiger partial charge in [-0.2, -0.15) is 11.8 Å². The summed E-state index contributed by atoms with van der Waals surface area (Å²) in [5, 5.41) is 15.6. The molecule has 0 bridgehead atoms. The van der Waals surface area contributed by atoms with E-state index in [0.717, 1.165) is 25.8 Å². The normalized spacial score (nSPS) is 28.5. The average molecular weight is 260 g/mol. The molecule has 1 fully saturated rings. The molecular weight excluding hydrogens is 236 g/mol. The van der Waals surface area contributed by atoms with E-state index in [1.165, 1.54) is 0 Å². The molecule has 100 valence electrons. The van der Waals surface area contributed by atoms with Crippen molar-refractivity contribution in [3.8, 4) is 0 Å². The molecule has 0 aromatic carbocycles. The smallest absolute Gasteiger partial charge is 0.240 e. The van der Waals surface area contributed by atoms with Gasteiger partial charge in [-0.25, -0.2) is 0 Å². The first-order chi connectivity index (χ1) is 8.03. The monoisotopic (exact) mass is 260 g/mol. The van der Waals surface area contributed by atoms with Crippen molar-refractivity contribution >= 4 is 17.7 Å². The highest BCUT2D eigenvalue weighted by molar-refractivity contribution is 7.99. The van der Waals surface area contributed by atoms with Crippen LogP contribution in [0.15, 0.2) is 0 Å². The van der Waals surface area contributed by atoms with Crippen molar-refractivity contribution in [2.75, 3.05) is 19.4 Å². The van der Waals surface area contributed by atoms with Gasteiger partial charge in [-0.15, -0.1) is 0 Å². The molecule has 1 rings (SSSR count). The van der Waals surface area contributed by atoms with Crippen molar-refractivity contribution in [1.29, 1.82) is 0 Å². The Morgan fingerprint density at radius 1 is 1.59 bits per heavy atom. The van der Waals surface area contributed by atoms with Crippen molar-refractivity contribution in [2.45, 2.75) is 49.9 Å². The number of hydrogen-bond acceptors (Lipinski definition) is 4. The van der Waals surface area contributed by atoms with Gasteiger partial charge in [0.1, 0.15) is 0 Å². The Bertz CT molecular complexity index is 251. The van der Waals surface area contributed by atoms with Crippen LogP contribution < -0.4 is 10.6 Å². The molecule has 3 atom stereocenters. The Hall–Kier alpha value is -0.260. The predicted molar refractivity (Wildman–Crippen MR) is 72.3 cm³/mol. The fourth-order valence-corrected chi connectivity index (χ4v) is 2.77. The Labute approximate surface area is 108 Å². The summed E-state index contributed by atoms with van der Waals surface area (Å²) in [6.45, 7) is 4.90. The van der Waals surface area contributed by atoms with Gasteiger partial charge in [-0.05, 0) is 45.9 Å². The molecule has 0 saturated carbocycles. The van der Waals surface area contributed by atoms with Crippen LogP contribution in [0.3, 0.4) is 0 Å². The van der Waals surface area contributed by atoms with Gasteiger partial charge in [0.05, 0.1) is 12.1 Å². The Morgan fingerprint density at radius 3 is 2.76 bits per heavy atom. The maximum Gasteiger partial charge on any atom is 0.240 e. The zero-order chi connectivity index (χ0) is 12.9. The summed E-state index contributed by atoms with van der Waals surface area (Å²) in [5.74, 6) is 0.0530. The zero-order valence-corrected chi connectivity index (χ0v) is 11.8. The van der Waals surface area contributed by atoms with Gasteiger partial charge in [0.2, 0.25) is 5.91 Å². The van der Waals surface area contributed by atoms with Crippen LogP contribution in [-0.2, 0) is 4.79 Å². The van der Waals surface area contributed by atoms with Gasteiger partial charge in [0, 0.05) is 11.3 Å². The van der Waals surface area contributed by atoms with Gasteiger partial charge in [0.25, 0.3) is 0 Å². The quantitative estimate of drug-likeness (QED) is 0.682. The summed E-state index contributed by atoms with van der Waals surface area (Å²) in [4.78, 5) is 12.2. The molecule has 0 aromatic rings. The number of thioether (sulfide) groups is 1. The topological polar surface area (TPSA) is 61.4 Å². The Kier molecular flexibility index (Phi) is 5.76. The third kappa shape index (κ3) is 3.86. The van der Waals surface area contributed by atoms with Gasteiger partial charge >= 0.3 is 0 Å².